The number of likely N-dealkylation sites (N-methyl/N-ethyl adjacent to an activating group) is 1. The van der Waals surface area contributed by atoms with Gasteiger partial charge in [0.1, 0.15) is 11.4 Å². The fraction of sp³-hybridized carbons (Fsp3) is 0.500. The number of carboxylic acids is 1. The first kappa shape index (κ1) is 14.6. The Morgan fingerprint density at radius 1 is 1.50 bits per heavy atom. The van der Waals surface area contributed by atoms with Crippen molar-refractivity contribution in [1.82, 2.24) is 4.90 Å². The molecule has 4 heteroatoms. The summed E-state index contributed by atoms with van der Waals surface area (Å²) in [6.07, 6.45) is 0. The molecule has 18 heavy (non-hydrogen) atoms. The maximum absolute atomic E-state index is 13.2. The van der Waals surface area contributed by atoms with Crippen molar-refractivity contribution in [3.8, 4) is 0 Å². The Bertz CT molecular complexity index is 432. The summed E-state index contributed by atoms with van der Waals surface area (Å²) in [5.41, 5.74) is -0.202. The van der Waals surface area contributed by atoms with E-state index in [9.17, 15) is 14.3 Å². The van der Waals surface area contributed by atoms with E-state index in [4.69, 9.17) is 0 Å². The van der Waals surface area contributed by atoms with E-state index < -0.39 is 11.5 Å². The Morgan fingerprint density at radius 3 is 2.56 bits per heavy atom. The second-order valence-corrected chi connectivity index (χ2v) is 4.88. The van der Waals surface area contributed by atoms with Crippen LogP contribution in [0.1, 0.15) is 39.3 Å². The van der Waals surface area contributed by atoms with Crippen LogP contribution < -0.4 is 0 Å². The van der Waals surface area contributed by atoms with Gasteiger partial charge < -0.3 is 5.11 Å². The van der Waals surface area contributed by atoms with Crippen LogP contribution >= 0.6 is 0 Å². The second kappa shape index (κ2) is 5.48. The molecule has 0 fully saturated rings. The van der Waals surface area contributed by atoms with Crippen LogP contribution in [0.5, 0.6) is 0 Å². The number of rotatable bonds is 5. The van der Waals surface area contributed by atoms with Gasteiger partial charge in [-0.25, -0.2) is 4.39 Å². The number of aliphatic carboxylic acids is 1. The van der Waals surface area contributed by atoms with Gasteiger partial charge in [0.05, 0.1) is 0 Å². The molecule has 1 N–H and O–H groups in total. The molecule has 0 saturated heterocycles. The standard InChI is InChI=1S/C14H20FNO2/c1-5-16(14(3,4)13(17)18)10(2)11-7-6-8-12(15)9-11/h6-10H,5H2,1-4H3,(H,17,18). The summed E-state index contributed by atoms with van der Waals surface area (Å²) in [7, 11) is 0. The zero-order valence-electron chi connectivity index (χ0n) is 11.3. The Morgan fingerprint density at radius 2 is 2.11 bits per heavy atom. The van der Waals surface area contributed by atoms with Crippen molar-refractivity contribution in [2.24, 2.45) is 0 Å². The highest BCUT2D eigenvalue weighted by Crippen LogP contribution is 2.28. The molecule has 0 amide bonds. The minimum Gasteiger partial charge on any atom is -0.480 e. The molecular formula is C14H20FNO2. The van der Waals surface area contributed by atoms with Gasteiger partial charge in [0.15, 0.2) is 0 Å². The molecule has 1 unspecified atom stereocenters. The van der Waals surface area contributed by atoms with E-state index in [0.29, 0.717) is 6.54 Å². The smallest absolute Gasteiger partial charge is 0.323 e. The molecule has 0 bridgehead atoms. The van der Waals surface area contributed by atoms with E-state index in [2.05, 4.69) is 0 Å². The van der Waals surface area contributed by atoms with E-state index in [1.54, 1.807) is 19.9 Å². The minimum atomic E-state index is -0.986. The third kappa shape index (κ3) is 2.88. The third-order valence-electron chi connectivity index (χ3n) is 3.38. The summed E-state index contributed by atoms with van der Waals surface area (Å²) in [5, 5.41) is 9.28. The van der Waals surface area contributed by atoms with Crippen LogP contribution in [0.15, 0.2) is 24.3 Å². The quantitative estimate of drug-likeness (QED) is 0.876. The Kier molecular flexibility index (Phi) is 4.46. The van der Waals surface area contributed by atoms with Crippen LogP contribution in [-0.2, 0) is 4.79 Å². The maximum Gasteiger partial charge on any atom is 0.323 e. The number of benzene rings is 1. The molecule has 0 aliphatic rings. The fourth-order valence-electron chi connectivity index (χ4n) is 2.22. The largest absolute Gasteiger partial charge is 0.480 e. The molecule has 0 saturated carbocycles. The molecule has 1 atom stereocenters. The van der Waals surface area contributed by atoms with Crippen LogP contribution in [0.4, 0.5) is 4.39 Å². The Balaban J connectivity index is 3.06. The lowest BCUT2D eigenvalue weighted by Crippen LogP contribution is -2.51. The van der Waals surface area contributed by atoms with Gasteiger partial charge >= 0.3 is 5.97 Å². The number of hydrogen-bond donors (Lipinski definition) is 1. The number of nitrogens with zero attached hydrogens (tertiary/aromatic N) is 1. The lowest BCUT2D eigenvalue weighted by molar-refractivity contribution is -0.150. The number of carboxylic acid groups (broad SMARTS) is 1. The summed E-state index contributed by atoms with van der Waals surface area (Å²) >= 11 is 0. The lowest BCUT2D eigenvalue weighted by atomic mass is 9.97. The number of hydrogen-bond acceptors (Lipinski definition) is 2. The molecular weight excluding hydrogens is 233 g/mol. The van der Waals surface area contributed by atoms with Gasteiger partial charge in [0.25, 0.3) is 0 Å². The maximum atomic E-state index is 13.2. The summed E-state index contributed by atoms with van der Waals surface area (Å²) in [4.78, 5) is 13.1. The normalized spacial score (nSPS) is 13.7. The van der Waals surface area contributed by atoms with Crippen LogP contribution in [0.3, 0.4) is 0 Å². The van der Waals surface area contributed by atoms with Crippen molar-refractivity contribution in [1.29, 1.82) is 0 Å². The summed E-state index contributed by atoms with van der Waals surface area (Å²) in [6, 6.07) is 6.13. The van der Waals surface area contributed by atoms with Crippen molar-refractivity contribution >= 4 is 5.97 Å². The topological polar surface area (TPSA) is 40.5 Å². The molecule has 0 aliphatic heterocycles. The molecule has 0 aliphatic carbocycles. The average molecular weight is 253 g/mol. The van der Waals surface area contributed by atoms with E-state index >= 15 is 0 Å². The van der Waals surface area contributed by atoms with Crippen LogP contribution in [0.25, 0.3) is 0 Å². The van der Waals surface area contributed by atoms with E-state index in [1.807, 2.05) is 24.8 Å². The Hall–Kier alpha value is -1.42. The van der Waals surface area contributed by atoms with Gasteiger partial charge in [-0.3, -0.25) is 9.69 Å². The van der Waals surface area contributed by atoms with Crippen molar-refractivity contribution in [3.63, 3.8) is 0 Å². The van der Waals surface area contributed by atoms with E-state index in [0.717, 1.165) is 5.56 Å². The molecule has 0 spiro atoms. The second-order valence-electron chi connectivity index (χ2n) is 4.88. The molecule has 3 nitrogen and oxygen atoms in total. The van der Waals surface area contributed by atoms with Crippen molar-refractivity contribution < 1.29 is 14.3 Å². The number of carbonyl (C=O) groups is 1. The van der Waals surface area contributed by atoms with E-state index in [-0.39, 0.29) is 11.9 Å². The molecule has 1 aromatic rings. The average Bonchev–Trinajstić information content (AvgIpc) is 2.29. The fourth-order valence-corrected chi connectivity index (χ4v) is 2.22. The van der Waals surface area contributed by atoms with Crippen molar-refractivity contribution in [2.75, 3.05) is 6.54 Å². The van der Waals surface area contributed by atoms with Gasteiger partial charge in [0.2, 0.25) is 0 Å². The van der Waals surface area contributed by atoms with Gasteiger partial charge in [-0.05, 0) is 45.0 Å². The van der Waals surface area contributed by atoms with Gasteiger partial charge in [-0.15, -0.1) is 0 Å². The Labute approximate surface area is 107 Å². The summed E-state index contributed by atoms with van der Waals surface area (Å²) in [6.45, 7) is 7.70. The molecule has 0 radical (unpaired) electrons. The van der Waals surface area contributed by atoms with Gasteiger partial charge in [0, 0.05) is 6.04 Å². The minimum absolute atomic E-state index is 0.156. The summed E-state index contributed by atoms with van der Waals surface area (Å²) in [5.74, 6) is -1.18. The number of halogens is 1. The zero-order chi connectivity index (χ0) is 13.9. The van der Waals surface area contributed by atoms with Crippen molar-refractivity contribution in [3.05, 3.63) is 35.6 Å². The first-order chi connectivity index (χ1) is 8.30. The van der Waals surface area contributed by atoms with Gasteiger partial charge in [-0.1, -0.05) is 19.1 Å². The van der Waals surface area contributed by atoms with Crippen molar-refractivity contribution in [2.45, 2.75) is 39.3 Å². The monoisotopic (exact) mass is 253 g/mol. The highest BCUT2D eigenvalue weighted by Gasteiger charge is 2.36. The molecule has 100 valence electrons. The van der Waals surface area contributed by atoms with Crippen LogP contribution in [0, 0.1) is 5.82 Å². The first-order valence-electron chi connectivity index (χ1n) is 6.06. The first-order valence-corrected chi connectivity index (χ1v) is 6.06. The van der Waals surface area contributed by atoms with Crippen LogP contribution in [0.2, 0.25) is 0 Å². The van der Waals surface area contributed by atoms with Gasteiger partial charge in [-0.2, -0.15) is 0 Å². The SMILES string of the molecule is CCN(C(C)c1cccc(F)c1)C(C)(C)C(=O)O. The predicted octanol–water partition coefficient (Wildman–Crippen LogP) is 3.07. The highest BCUT2D eigenvalue weighted by molar-refractivity contribution is 5.77. The molecule has 0 aromatic heterocycles. The highest BCUT2D eigenvalue weighted by atomic mass is 19.1. The lowest BCUT2D eigenvalue weighted by Gasteiger charge is -2.39. The summed E-state index contributed by atoms with van der Waals surface area (Å²) < 4.78 is 13.2. The van der Waals surface area contributed by atoms with E-state index in [1.165, 1.54) is 12.1 Å². The molecule has 1 aromatic carbocycles. The molecule has 0 heterocycles. The third-order valence-corrected chi connectivity index (χ3v) is 3.38. The van der Waals surface area contributed by atoms with Crippen LogP contribution in [-0.4, -0.2) is 28.1 Å². The zero-order valence-corrected chi connectivity index (χ0v) is 11.3. The predicted molar refractivity (Wildman–Crippen MR) is 68.9 cm³/mol. The molecule has 1 rings (SSSR count).